The van der Waals surface area contributed by atoms with E-state index in [1.807, 2.05) is 44.4 Å². The smallest absolute Gasteiger partial charge is 0.407 e. The standard InChI is InChI=1S/C15H21NO4S/c1-15(2,3)20-14(18)16-9-6-5-7-11-8-10-21-12(11)13(17)19-4/h5,7-8,10H,6,9H2,1-4H3,(H,16,18). The highest BCUT2D eigenvalue weighted by atomic mass is 32.1. The average Bonchev–Trinajstić information content (AvgIpc) is 2.83. The molecule has 6 heteroatoms. The van der Waals surface area contributed by atoms with Crippen molar-refractivity contribution in [2.24, 2.45) is 0 Å². The maximum Gasteiger partial charge on any atom is 0.407 e. The molecule has 0 aromatic carbocycles. The van der Waals surface area contributed by atoms with Crippen LogP contribution in [0.2, 0.25) is 0 Å². The number of hydrogen-bond acceptors (Lipinski definition) is 5. The monoisotopic (exact) mass is 311 g/mol. The molecule has 1 rings (SSSR count). The number of hydrogen-bond donors (Lipinski definition) is 1. The van der Waals surface area contributed by atoms with Crippen LogP contribution in [0.1, 0.15) is 42.4 Å². The summed E-state index contributed by atoms with van der Waals surface area (Å²) in [7, 11) is 1.36. The van der Waals surface area contributed by atoms with Crippen LogP contribution in [0.5, 0.6) is 0 Å². The third kappa shape index (κ3) is 6.44. The van der Waals surface area contributed by atoms with Gasteiger partial charge in [0.1, 0.15) is 10.5 Å². The zero-order chi connectivity index (χ0) is 15.9. The first-order valence-electron chi connectivity index (χ1n) is 6.62. The van der Waals surface area contributed by atoms with E-state index >= 15 is 0 Å². The van der Waals surface area contributed by atoms with Crippen molar-refractivity contribution in [3.8, 4) is 0 Å². The highest BCUT2D eigenvalue weighted by Crippen LogP contribution is 2.19. The number of methoxy groups -OCH3 is 1. The topological polar surface area (TPSA) is 64.6 Å². The number of rotatable bonds is 5. The summed E-state index contributed by atoms with van der Waals surface area (Å²) in [5, 5.41) is 4.50. The first-order valence-corrected chi connectivity index (χ1v) is 7.50. The van der Waals surface area contributed by atoms with Crippen molar-refractivity contribution in [2.45, 2.75) is 32.8 Å². The van der Waals surface area contributed by atoms with Crippen LogP contribution >= 0.6 is 11.3 Å². The number of amides is 1. The first kappa shape index (κ1) is 17.2. The normalized spacial score (nSPS) is 11.4. The van der Waals surface area contributed by atoms with E-state index < -0.39 is 11.7 Å². The predicted octanol–water partition coefficient (Wildman–Crippen LogP) is 3.46. The first-order chi connectivity index (χ1) is 9.83. The summed E-state index contributed by atoms with van der Waals surface area (Å²) in [4.78, 5) is 23.5. The van der Waals surface area contributed by atoms with Crippen molar-refractivity contribution in [1.29, 1.82) is 0 Å². The fraction of sp³-hybridized carbons (Fsp3) is 0.467. The fourth-order valence-corrected chi connectivity index (χ4v) is 2.29. The second kappa shape index (κ2) is 7.83. The van der Waals surface area contributed by atoms with Gasteiger partial charge in [-0.3, -0.25) is 0 Å². The van der Waals surface area contributed by atoms with Crippen LogP contribution in [0, 0.1) is 0 Å². The zero-order valence-electron chi connectivity index (χ0n) is 12.8. The molecule has 0 bridgehead atoms. The molecular weight excluding hydrogens is 290 g/mol. The van der Waals surface area contributed by atoms with Crippen molar-refractivity contribution in [3.05, 3.63) is 28.0 Å². The lowest BCUT2D eigenvalue weighted by molar-refractivity contribution is 0.0527. The molecule has 0 saturated heterocycles. The summed E-state index contributed by atoms with van der Waals surface area (Å²) in [6, 6.07) is 1.86. The molecule has 0 radical (unpaired) electrons. The molecule has 0 aliphatic heterocycles. The molecule has 1 N–H and O–H groups in total. The van der Waals surface area contributed by atoms with E-state index in [1.54, 1.807) is 0 Å². The zero-order valence-corrected chi connectivity index (χ0v) is 13.6. The predicted molar refractivity (Wildman–Crippen MR) is 83.5 cm³/mol. The van der Waals surface area contributed by atoms with Crippen molar-refractivity contribution in [3.63, 3.8) is 0 Å². The Hall–Kier alpha value is -1.82. The molecule has 0 unspecified atom stereocenters. The van der Waals surface area contributed by atoms with E-state index in [1.165, 1.54) is 18.4 Å². The SMILES string of the molecule is COC(=O)c1sccc1C=CCCNC(=O)OC(C)(C)C. The fourth-order valence-electron chi connectivity index (χ4n) is 1.49. The Morgan fingerprint density at radius 2 is 2.10 bits per heavy atom. The third-order valence-corrected chi connectivity index (χ3v) is 3.25. The van der Waals surface area contributed by atoms with Gasteiger partial charge >= 0.3 is 12.1 Å². The molecule has 0 atom stereocenters. The van der Waals surface area contributed by atoms with Gasteiger partial charge < -0.3 is 14.8 Å². The van der Waals surface area contributed by atoms with E-state index in [2.05, 4.69) is 5.32 Å². The Kier molecular flexibility index (Phi) is 6.42. The lowest BCUT2D eigenvalue weighted by Gasteiger charge is -2.19. The summed E-state index contributed by atoms with van der Waals surface area (Å²) in [6.07, 6.45) is 3.96. The summed E-state index contributed by atoms with van der Waals surface area (Å²) in [5.41, 5.74) is 0.329. The number of carbonyl (C=O) groups excluding carboxylic acids is 2. The molecule has 0 spiro atoms. The van der Waals surface area contributed by atoms with E-state index in [4.69, 9.17) is 9.47 Å². The van der Waals surface area contributed by atoms with Crippen LogP contribution in [0.4, 0.5) is 4.79 Å². The summed E-state index contributed by atoms with van der Waals surface area (Å²) in [6.45, 7) is 5.93. The molecule has 21 heavy (non-hydrogen) atoms. The Morgan fingerprint density at radius 1 is 1.38 bits per heavy atom. The molecule has 0 aliphatic carbocycles. The van der Waals surface area contributed by atoms with Gasteiger partial charge in [0, 0.05) is 6.54 Å². The van der Waals surface area contributed by atoms with Gasteiger partial charge in [0.05, 0.1) is 7.11 Å². The minimum atomic E-state index is -0.494. The lowest BCUT2D eigenvalue weighted by Crippen LogP contribution is -2.32. The highest BCUT2D eigenvalue weighted by Gasteiger charge is 2.15. The van der Waals surface area contributed by atoms with E-state index in [9.17, 15) is 9.59 Å². The largest absolute Gasteiger partial charge is 0.465 e. The van der Waals surface area contributed by atoms with Crippen molar-refractivity contribution >= 4 is 29.5 Å². The number of thiophene rings is 1. The molecule has 1 aromatic heterocycles. The molecule has 1 aromatic rings. The van der Waals surface area contributed by atoms with Crippen molar-refractivity contribution in [1.82, 2.24) is 5.32 Å². The maximum atomic E-state index is 11.5. The lowest BCUT2D eigenvalue weighted by atomic mass is 10.2. The Balaban J connectivity index is 2.38. The van der Waals surface area contributed by atoms with E-state index in [0.29, 0.717) is 17.8 Å². The summed E-state index contributed by atoms with van der Waals surface area (Å²) >= 11 is 1.34. The number of nitrogens with one attached hydrogen (secondary N) is 1. The quantitative estimate of drug-likeness (QED) is 0.668. The number of alkyl carbamates (subject to hydrolysis) is 1. The number of esters is 1. The van der Waals surface area contributed by atoms with Crippen molar-refractivity contribution in [2.75, 3.05) is 13.7 Å². The van der Waals surface area contributed by atoms with Crippen LogP contribution < -0.4 is 5.32 Å². The van der Waals surface area contributed by atoms with Gasteiger partial charge in [-0.15, -0.1) is 11.3 Å². The minimum absolute atomic E-state index is 0.337. The van der Waals surface area contributed by atoms with Gasteiger partial charge in [-0.2, -0.15) is 0 Å². The van der Waals surface area contributed by atoms with E-state index in [-0.39, 0.29) is 5.97 Å². The van der Waals surface area contributed by atoms with Gasteiger partial charge in [0.15, 0.2) is 0 Å². The molecule has 1 amide bonds. The van der Waals surface area contributed by atoms with Crippen LogP contribution in [0.25, 0.3) is 6.08 Å². The van der Waals surface area contributed by atoms with E-state index in [0.717, 1.165) is 5.56 Å². The molecule has 0 saturated carbocycles. The molecule has 1 heterocycles. The Labute approximate surface area is 128 Å². The van der Waals surface area contributed by atoms with Crippen LogP contribution in [-0.4, -0.2) is 31.3 Å². The summed E-state index contributed by atoms with van der Waals surface area (Å²) in [5.74, 6) is -0.337. The molecule has 0 fully saturated rings. The van der Waals surface area contributed by atoms with Gasteiger partial charge in [-0.25, -0.2) is 9.59 Å². The van der Waals surface area contributed by atoms with Crippen LogP contribution in [0.15, 0.2) is 17.5 Å². The molecule has 5 nitrogen and oxygen atoms in total. The Bertz CT molecular complexity index is 514. The van der Waals surface area contributed by atoms with Crippen LogP contribution in [-0.2, 0) is 9.47 Å². The second-order valence-corrected chi connectivity index (χ2v) is 6.23. The maximum absolute atomic E-state index is 11.5. The van der Waals surface area contributed by atoms with Crippen molar-refractivity contribution < 1.29 is 19.1 Å². The highest BCUT2D eigenvalue weighted by molar-refractivity contribution is 7.12. The van der Waals surface area contributed by atoms with Gasteiger partial charge in [-0.1, -0.05) is 12.2 Å². The summed E-state index contributed by atoms with van der Waals surface area (Å²) < 4.78 is 9.83. The molecule has 116 valence electrons. The Morgan fingerprint density at radius 3 is 2.71 bits per heavy atom. The molecular formula is C15H21NO4S. The minimum Gasteiger partial charge on any atom is -0.465 e. The number of ether oxygens (including phenoxy) is 2. The average molecular weight is 311 g/mol. The number of carbonyl (C=O) groups is 2. The van der Waals surface area contributed by atoms with Gasteiger partial charge in [-0.05, 0) is 44.2 Å². The van der Waals surface area contributed by atoms with Gasteiger partial charge in [0.25, 0.3) is 0 Å². The third-order valence-electron chi connectivity index (χ3n) is 2.34. The molecule has 0 aliphatic rings. The van der Waals surface area contributed by atoms with Crippen LogP contribution in [0.3, 0.4) is 0 Å². The second-order valence-electron chi connectivity index (χ2n) is 5.32. The van der Waals surface area contributed by atoms with Gasteiger partial charge in [0.2, 0.25) is 0 Å².